The second kappa shape index (κ2) is 6.66. The molecule has 1 heterocycles. The van der Waals surface area contributed by atoms with Gasteiger partial charge in [0.2, 0.25) is 0 Å². The molecular formula is C18H16F3NO3. The second-order valence-electron chi connectivity index (χ2n) is 5.63. The van der Waals surface area contributed by atoms with E-state index in [-0.39, 0.29) is 11.7 Å². The maximum absolute atomic E-state index is 12.7. The molecule has 1 amide bonds. The van der Waals surface area contributed by atoms with Crippen molar-refractivity contribution in [3.8, 4) is 11.5 Å². The van der Waals surface area contributed by atoms with Crippen LogP contribution in [-0.2, 0) is 6.42 Å². The predicted octanol–water partition coefficient (Wildman–Crippen LogP) is 3.84. The number of carbonyl (C=O) groups excluding carboxylic acids is 1. The molecule has 1 aliphatic heterocycles. The summed E-state index contributed by atoms with van der Waals surface area (Å²) in [6.45, 7) is -0.855. The van der Waals surface area contributed by atoms with Crippen LogP contribution in [0.5, 0.6) is 11.5 Å². The summed E-state index contributed by atoms with van der Waals surface area (Å²) >= 11 is 0. The van der Waals surface area contributed by atoms with Gasteiger partial charge >= 0.3 is 6.18 Å². The number of halogens is 3. The molecule has 4 nitrogen and oxygen atoms in total. The van der Waals surface area contributed by atoms with Gasteiger partial charge in [-0.2, -0.15) is 13.2 Å². The smallest absolute Gasteiger partial charge is 0.422 e. The minimum atomic E-state index is -4.38. The lowest BCUT2D eigenvalue weighted by molar-refractivity contribution is -0.153. The highest BCUT2D eigenvalue weighted by molar-refractivity contribution is 6.08. The molecule has 0 fully saturated rings. The summed E-state index contributed by atoms with van der Waals surface area (Å²) in [5, 5.41) is 0. The molecule has 25 heavy (non-hydrogen) atoms. The fourth-order valence-electron chi connectivity index (χ4n) is 2.73. The SMILES string of the molecule is COc1ccc2c(c1)CCN(c1ccc(OCC(F)(F)F)cc1)C2=O. The first kappa shape index (κ1) is 17.1. The van der Waals surface area contributed by atoms with Gasteiger partial charge in [-0.05, 0) is 54.4 Å². The zero-order chi connectivity index (χ0) is 18.0. The Balaban J connectivity index is 1.75. The van der Waals surface area contributed by atoms with E-state index in [1.807, 2.05) is 6.07 Å². The Labute approximate surface area is 142 Å². The summed E-state index contributed by atoms with van der Waals surface area (Å²) in [6.07, 6.45) is -3.71. The number of anilines is 1. The Kier molecular flexibility index (Phi) is 4.57. The number of methoxy groups -OCH3 is 1. The monoisotopic (exact) mass is 351 g/mol. The van der Waals surface area contributed by atoms with Gasteiger partial charge in [0, 0.05) is 17.8 Å². The van der Waals surface area contributed by atoms with Gasteiger partial charge in [0.1, 0.15) is 11.5 Å². The van der Waals surface area contributed by atoms with Crippen LogP contribution in [0.4, 0.5) is 18.9 Å². The molecule has 2 aromatic rings. The number of hydrogen-bond donors (Lipinski definition) is 0. The van der Waals surface area contributed by atoms with Crippen molar-refractivity contribution in [3.05, 3.63) is 53.6 Å². The molecule has 7 heteroatoms. The van der Waals surface area contributed by atoms with Crippen molar-refractivity contribution >= 4 is 11.6 Å². The van der Waals surface area contributed by atoms with Gasteiger partial charge in [-0.25, -0.2) is 0 Å². The van der Waals surface area contributed by atoms with Gasteiger partial charge in [-0.1, -0.05) is 0 Å². The number of fused-ring (bicyclic) bond motifs is 1. The second-order valence-corrected chi connectivity index (χ2v) is 5.63. The highest BCUT2D eigenvalue weighted by Crippen LogP contribution is 2.28. The Morgan fingerprint density at radius 1 is 1.08 bits per heavy atom. The number of nitrogens with zero attached hydrogens (tertiary/aromatic N) is 1. The summed E-state index contributed by atoms with van der Waals surface area (Å²) in [5.74, 6) is 0.662. The van der Waals surface area contributed by atoms with Gasteiger partial charge < -0.3 is 14.4 Å². The van der Waals surface area contributed by atoms with E-state index in [1.165, 1.54) is 12.1 Å². The predicted molar refractivity (Wildman–Crippen MR) is 86.4 cm³/mol. The molecular weight excluding hydrogens is 335 g/mol. The van der Waals surface area contributed by atoms with E-state index in [0.717, 1.165) is 5.56 Å². The number of carbonyl (C=O) groups is 1. The number of amides is 1. The molecule has 0 bridgehead atoms. The summed E-state index contributed by atoms with van der Waals surface area (Å²) < 4.78 is 46.4. The van der Waals surface area contributed by atoms with Crippen LogP contribution in [-0.4, -0.2) is 32.3 Å². The Hall–Kier alpha value is -2.70. The van der Waals surface area contributed by atoms with Crippen LogP contribution in [0.2, 0.25) is 0 Å². The van der Waals surface area contributed by atoms with E-state index in [2.05, 4.69) is 4.74 Å². The third kappa shape index (κ3) is 3.87. The highest BCUT2D eigenvalue weighted by atomic mass is 19.4. The first-order chi connectivity index (χ1) is 11.9. The molecule has 2 aromatic carbocycles. The standard InChI is InChI=1S/C18H16F3NO3/c1-24-15-6-7-16-12(10-15)8-9-22(17(16)23)13-2-4-14(5-3-13)25-11-18(19,20)21/h2-7,10H,8-9,11H2,1H3. The van der Waals surface area contributed by atoms with Gasteiger partial charge in [-0.15, -0.1) is 0 Å². The number of rotatable bonds is 4. The summed E-state index contributed by atoms with van der Waals surface area (Å²) in [4.78, 5) is 14.3. The van der Waals surface area contributed by atoms with Crippen LogP contribution in [0.15, 0.2) is 42.5 Å². The van der Waals surface area contributed by atoms with E-state index < -0.39 is 12.8 Å². The van der Waals surface area contributed by atoms with Crippen LogP contribution in [0.25, 0.3) is 0 Å². The maximum Gasteiger partial charge on any atom is 0.422 e. The van der Waals surface area contributed by atoms with Gasteiger partial charge in [0.25, 0.3) is 5.91 Å². The fraction of sp³-hybridized carbons (Fsp3) is 0.278. The lowest BCUT2D eigenvalue weighted by Crippen LogP contribution is -2.37. The Bertz CT molecular complexity index is 772. The average Bonchev–Trinajstić information content (AvgIpc) is 2.60. The third-order valence-corrected chi connectivity index (χ3v) is 3.94. The number of benzene rings is 2. The first-order valence-electron chi connectivity index (χ1n) is 7.66. The summed E-state index contributed by atoms with van der Waals surface area (Å²) in [6, 6.07) is 11.3. The summed E-state index contributed by atoms with van der Waals surface area (Å²) in [5.41, 5.74) is 2.14. The van der Waals surface area contributed by atoms with Crippen molar-refractivity contribution in [1.82, 2.24) is 0 Å². The van der Waals surface area contributed by atoms with Crippen LogP contribution in [0.3, 0.4) is 0 Å². The zero-order valence-electron chi connectivity index (χ0n) is 13.5. The van der Waals surface area contributed by atoms with Crippen molar-refractivity contribution in [2.75, 3.05) is 25.2 Å². The van der Waals surface area contributed by atoms with Crippen LogP contribution in [0, 0.1) is 0 Å². The molecule has 0 radical (unpaired) electrons. The van der Waals surface area contributed by atoms with Crippen molar-refractivity contribution in [3.63, 3.8) is 0 Å². The fourth-order valence-corrected chi connectivity index (χ4v) is 2.73. The molecule has 3 rings (SSSR count). The largest absolute Gasteiger partial charge is 0.497 e. The molecule has 0 saturated carbocycles. The molecule has 0 aromatic heterocycles. The minimum Gasteiger partial charge on any atom is -0.497 e. The quantitative estimate of drug-likeness (QED) is 0.840. The average molecular weight is 351 g/mol. The van der Waals surface area contributed by atoms with Crippen molar-refractivity contribution < 1.29 is 27.4 Å². The molecule has 0 unspecified atom stereocenters. The number of ether oxygens (including phenoxy) is 2. The van der Waals surface area contributed by atoms with E-state index in [4.69, 9.17) is 4.74 Å². The molecule has 0 N–H and O–H groups in total. The first-order valence-corrected chi connectivity index (χ1v) is 7.66. The lowest BCUT2D eigenvalue weighted by atomic mass is 9.98. The van der Waals surface area contributed by atoms with Crippen LogP contribution in [0.1, 0.15) is 15.9 Å². The molecule has 1 aliphatic rings. The molecule has 132 valence electrons. The van der Waals surface area contributed by atoms with Crippen LogP contribution >= 0.6 is 0 Å². The zero-order valence-corrected chi connectivity index (χ0v) is 13.5. The summed E-state index contributed by atoms with van der Waals surface area (Å²) in [7, 11) is 1.57. The van der Waals surface area contributed by atoms with Gasteiger partial charge in [0.05, 0.1) is 7.11 Å². The Morgan fingerprint density at radius 2 is 1.76 bits per heavy atom. The highest BCUT2D eigenvalue weighted by Gasteiger charge is 2.29. The van der Waals surface area contributed by atoms with E-state index in [9.17, 15) is 18.0 Å². The van der Waals surface area contributed by atoms with Gasteiger partial charge in [0.15, 0.2) is 6.61 Å². The number of hydrogen-bond acceptors (Lipinski definition) is 3. The van der Waals surface area contributed by atoms with Gasteiger partial charge in [-0.3, -0.25) is 4.79 Å². The number of alkyl halides is 3. The van der Waals surface area contributed by atoms with E-state index >= 15 is 0 Å². The van der Waals surface area contributed by atoms with Crippen molar-refractivity contribution in [2.24, 2.45) is 0 Å². The molecule has 0 atom stereocenters. The minimum absolute atomic E-state index is 0.107. The normalized spacial score (nSPS) is 14.2. The molecule has 0 aliphatic carbocycles. The Morgan fingerprint density at radius 3 is 2.40 bits per heavy atom. The third-order valence-electron chi connectivity index (χ3n) is 3.94. The van der Waals surface area contributed by atoms with Crippen LogP contribution < -0.4 is 14.4 Å². The van der Waals surface area contributed by atoms with Crippen molar-refractivity contribution in [2.45, 2.75) is 12.6 Å². The molecule has 0 saturated heterocycles. The topological polar surface area (TPSA) is 38.8 Å². The van der Waals surface area contributed by atoms with Crippen molar-refractivity contribution in [1.29, 1.82) is 0 Å². The molecule has 0 spiro atoms. The lowest BCUT2D eigenvalue weighted by Gasteiger charge is -2.29. The van der Waals surface area contributed by atoms with E-state index in [1.54, 1.807) is 36.3 Å². The maximum atomic E-state index is 12.7. The van der Waals surface area contributed by atoms with E-state index in [0.29, 0.717) is 30.0 Å².